The molecule has 0 aliphatic heterocycles. The average Bonchev–Trinajstić information content (AvgIpc) is 2.34. The lowest BCUT2D eigenvalue weighted by Crippen LogP contribution is -2.28. The van der Waals surface area contributed by atoms with Crippen LogP contribution in [0.2, 0.25) is 0 Å². The molecule has 0 aliphatic rings. The number of hydrogen-bond acceptors (Lipinski definition) is 3. The van der Waals surface area contributed by atoms with Crippen LogP contribution < -0.4 is 16.3 Å². The summed E-state index contributed by atoms with van der Waals surface area (Å²) in [4.78, 5) is 22.1. The molecule has 1 heterocycles. The van der Waals surface area contributed by atoms with Crippen molar-refractivity contribution < 1.29 is 9.21 Å². The first-order chi connectivity index (χ1) is 8.56. The van der Waals surface area contributed by atoms with Gasteiger partial charge < -0.3 is 9.21 Å². The molecule has 18 heavy (non-hydrogen) atoms. The van der Waals surface area contributed by atoms with Crippen molar-refractivity contribution >= 4 is 18.4 Å². The second-order valence-corrected chi connectivity index (χ2v) is 4.83. The van der Waals surface area contributed by atoms with E-state index < -0.39 is 0 Å². The molecular weight excluding hydrogens is 228 g/mol. The molecule has 1 atom stereocenters. The molecule has 3 heteroatoms. The smallest absolute Gasteiger partial charge is 0.336 e. The molecule has 0 spiro atoms. The second-order valence-electron chi connectivity index (χ2n) is 4.83. The molecule has 1 unspecified atom stereocenters. The highest BCUT2D eigenvalue weighted by Gasteiger charge is 2.08. The zero-order valence-corrected chi connectivity index (χ0v) is 11.2. The predicted molar refractivity (Wildman–Crippen MR) is 72.5 cm³/mol. The topological polar surface area (TPSA) is 47.3 Å². The lowest BCUT2D eigenvalue weighted by Gasteiger charge is -2.09. The van der Waals surface area contributed by atoms with Crippen molar-refractivity contribution in [2.75, 3.05) is 0 Å². The first-order valence-electron chi connectivity index (χ1n) is 6.28. The minimum absolute atomic E-state index is 0.0137. The van der Waals surface area contributed by atoms with E-state index in [-0.39, 0.29) is 11.5 Å². The minimum atomic E-state index is -0.363. The zero-order chi connectivity index (χ0) is 13.5. The minimum Gasteiger partial charge on any atom is -0.423 e. The van der Waals surface area contributed by atoms with Crippen LogP contribution in [-0.2, 0) is 4.79 Å². The van der Waals surface area contributed by atoms with E-state index in [0.29, 0.717) is 17.8 Å². The summed E-state index contributed by atoms with van der Waals surface area (Å²) in [5.74, 6) is 0.466. The summed E-state index contributed by atoms with van der Waals surface area (Å²) in [6.07, 6.45) is 6.15. The van der Waals surface area contributed by atoms with Gasteiger partial charge in [-0.2, -0.15) is 0 Å². The summed E-state index contributed by atoms with van der Waals surface area (Å²) in [5, 5.41) is 0.879. The molecule has 3 nitrogen and oxygen atoms in total. The van der Waals surface area contributed by atoms with Gasteiger partial charge in [-0.05, 0) is 37.8 Å². The SMILES string of the molecule is C/C=c1/ccc(=O)o/c1=C/CC(C=O)CC(C)C. The molecule has 1 aromatic rings. The molecule has 0 amide bonds. The average molecular weight is 248 g/mol. The van der Waals surface area contributed by atoms with Crippen molar-refractivity contribution in [3.05, 3.63) is 33.2 Å². The molecule has 0 saturated carbocycles. The molecule has 1 aromatic heterocycles. The Hall–Kier alpha value is -1.64. The summed E-state index contributed by atoms with van der Waals surface area (Å²) in [5.41, 5.74) is 0.193. The quantitative estimate of drug-likeness (QED) is 0.741. The van der Waals surface area contributed by atoms with Gasteiger partial charge >= 0.3 is 5.63 Å². The number of carbonyl (C=O) groups excluding carboxylic acids is 1. The Bertz CT molecular complexity index is 552. The van der Waals surface area contributed by atoms with E-state index in [4.69, 9.17) is 4.42 Å². The normalized spacial score (nSPS) is 15.1. The van der Waals surface area contributed by atoms with Crippen molar-refractivity contribution in [2.45, 2.75) is 33.6 Å². The molecule has 1 rings (SSSR count). The molecule has 0 bridgehead atoms. The molecule has 0 fully saturated rings. The van der Waals surface area contributed by atoms with Gasteiger partial charge in [0.1, 0.15) is 11.7 Å². The molecule has 98 valence electrons. The fourth-order valence-electron chi connectivity index (χ4n) is 1.91. The Kier molecular flexibility index (Phi) is 5.56. The van der Waals surface area contributed by atoms with Gasteiger partial charge in [-0.1, -0.05) is 19.9 Å². The van der Waals surface area contributed by atoms with Crippen molar-refractivity contribution in [1.82, 2.24) is 0 Å². The van der Waals surface area contributed by atoms with Crippen LogP contribution in [0.15, 0.2) is 21.3 Å². The number of aldehydes is 1. The summed E-state index contributed by atoms with van der Waals surface area (Å²) in [6, 6.07) is 3.13. The van der Waals surface area contributed by atoms with Gasteiger partial charge in [0, 0.05) is 17.2 Å². The molecule has 0 N–H and O–H groups in total. The summed E-state index contributed by atoms with van der Waals surface area (Å²) < 4.78 is 5.14. The highest BCUT2D eigenvalue weighted by Crippen LogP contribution is 2.13. The van der Waals surface area contributed by atoms with Crippen molar-refractivity contribution in [2.24, 2.45) is 11.8 Å². The van der Waals surface area contributed by atoms with Crippen LogP contribution in [0.4, 0.5) is 0 Å². The van der Waals surface area contributed by atoms with E-state index in [1.807, 2.05) is 19.1 Å². The van der Waals surface area contributed by atoms with E-state index in [0.717, 1.165) is 17.9 Å². The summed E-state index contributed by atoms with van der Waals surface area (Å²) in [6.45, 7) is 6.06. The fraction of sp³-hybridized carbons (Fsp3) is 0.467. The van der Waals surface area contributed by atoms with Gasteiger partial charge in [-0.15, -0.1) is 0 Å². The highest BCUT2D eigenvalue weighted by molar-refractivity contribution is 5.55. The van der Waals surface area contributed by atoms with E-state index in [9.17, 15) is 9.59 Å². The summed E-state index contributed by atoms with van der Waals surface area (Å²) in [7, 11) is 0. The lowest BCUT2D eigenvalue weighted by molar-refractivity contribution is -0.111. The third-order valence-corrected chi connectivity index (χ3v) is 2.78. The Morgan fingerprint density at radius 2 is 2.06 bits per heavy atom. The molecular formula is C15H20O3. The Labute approximate surface area is 107 Å². The van der Waals surface area contributed by atoms with Gasteiger partial charge in [0.2, 0.25) is 0 Å². The first kappa shape index (κ1) is 14.4. The van der Waals surface area contributed by atoms with Crippen LogP contribution in [0.1, 0.15) is 33.6 Å². The van der Waals surface area contributed by atoms with E-state index in [1.165, 1.54) is 6.07 Å². The Balaban J connectivity index is 3.00. The molecule has 0 aromatic carbocycles. The molecule has 0 radical (unpaired) electrons. The first-order valence-corrected chi connectivity index (χ1v) is 6.28. The second kappa shape index (κ2) is 6.94. The van der Waals surface area contributed by atoms with Crippen LogP contribution >= 0.6 is 0 Å². The van der Waals surface area contributed by atoms with E-state index in [1.54, 1.807) is 6.07 Å². The maximum atomic E-state index is 11.2. The van der Waals surface area contributed by atoms with Crippen LogP contribution in [-0.4, -0.2) is 6.29 Å². The molecule has 0 saturated heterocycles. The van der Waals surface area contributed by atoms with Crippen LogP contribution in [0, 0.1) is 11.8 Å². The van der Waals surface area contributed by atoms with Gasteiger partial charge in [0.25, 0.3) is 0 Å². The number of carbonyl (C=O) groups is 1. The van der Waals surface area contributed by atoms with Gasteiger partial charge in [-0.3, -0.25) is 0 Å². The molecule has 0 aliphatic carbocycles. The highest BCUT2D eigenvalue weighted by atomic mass is 16.4. The van der Waals surface area contributed by atoms with Crippen molar-refractivity contribution in [3.63, 3.8) is 0 Å². The van der Waals surface area contributed by atoms with Crippen LogP contribution in [0.25, 0.3) is 12.2 Å². The van der Waals surface area contributed by atoms with Crippen molar-refractivity contribution in [3.8, 4) is 0 Å². The number of rotatable bonds is 5. The summed E-state index contributed by atoms with van der Waals surface area (Å²) >= 11 is 0. The van der Waals surface area contributed by atoms with E-state index in [2.05, 4.69) is 13.8 Å². The van der Waals surface area contributed by atoms with Gasteiger partial charge in [-0.25, -0.2) is 4.79 Å². The van der Waals surface area contributed by atoms with E-state index >= 15 is 0 Å². The third-order valence-electron chi connectivity index (χ3n) is 2.78. The standard InChI is InChI=1S/C15H20O3/c1-4-13-6-8-15(17)18-14(13)7-5-12(10-16)9-11(2)3/h4,6-8,10-12H,5,9H2,1-3H3/b13-4-,14-7+. The van der Waals surface area contributed by atoms with Crippen LogP contribution in [0.5, 0.6) is 0 Å². The number of hydrogen-bond donors (Lipinski definition) is 0. The Morgan fingerprint density at radius 1 is 1.33 bits per heavy atom. The monoisotopic (exact) mass is 248 g/mol. The largest absolute Gasteiger partial charge is 0.423 e. The van der Waals surface area contributed by atoms with Crippen molar-refractivity contribution in [1.29, 1.82) is 0 Å². The third kappa shape index (κ3) is 4.32. The lowest BCUT2D eigenvalue weighted by atomic mass is 9.95. The maximum absolute atomic E-state index is 11.2. The predicted octanol–water partition coefficient (Wildman–Crippen LogP) is 1.47. The Morgan fingerprint density at radius 3 is 2.61 bits per heavy atom. The van der Waals surface area contributed by atoms with Gasteiger partial charge in [0.05, 0.1) is 0 Å². The fourth-order valence-corrected chi connectivity index (χ4v) is 1.91. The maximum Gasteiger partial charge on any atom is 0.336 e. The van der Waals surface area contributed by atoms with Crippen LogP contribution in [0.3, 0.4) is 0 Å². The zero-order valence-electron chi connectivity index (χ0n) is 11.2. The van der Waals surface area contributed by atoms with Gasteiger partial charge in [0.15, 0.2) is 0 Å².